The Morgan fingerprint density at radius 1 is 1.00 bits per heavy atom. The van der Waals surface area contributed by atoms with Crippen LogP contribution in [0.4, 0.5) is 0 Å². The first-order valence-corrected chi connectivity index (χ1v) is 8.06. The molecule has 0 unspecified atom stereocenters. The standard InChI is InChI=1S/C20H26O2/c1-3-20(22)12-10-8-6-4-5-7-9-11-18-13-15-19(16-14-18)17(2)21/h3,9,11,13-16H,1,4-8,10,12H2,2H3/b11-9-. The number of benzene rings is 1. The Kier molecular flexibility index (Phi) is 8.82. The van der Waals surface area contributed by atoms with E-state index in [-0.39, 0.29) is 11.6 Å². The molecule has 2 nitrogen and oxygen atoms in total. The Bertz CT molecular complexity index is 509. The third kappa shape index (κ3) is 7.72. The highest BCUT2D eigenvalue weighted by molar-refractivity contribution is 5.94. The first-order valence-electron chi connectivity index (χ1n) is 8.06. The molecule has 0 aliphatic heterocycles. The molecule has 0 bridgehead atoms. The average molecular weight is 298 g/mol. The van der Waals surface area contributed by atoms with Gasteiger partial charge in [-0.2, -0.15) is 0 Å². The van der Waals surface area contributed by atoms with Gasteiger partial charge in [-0.3, -0.25) is 9.59 Å². The summed E-state index contributed by atoms with van der Waals surface area (Å²) in [4.78, 5) is 22.2. The van der Waals surface area contributed by atoms with E-state index >= 15 is 0 Å². The fraction of sp³-hybridized carbons (Fsp3) is 0.400. The monoisotopic (exact) mass is 298 g/mol. The molecule has 0 aromatic heterocycles. The van der Waals surface area contributed by atoms with Gasteiger partial charge in [-0.25, -0.2) is 0 Å². The van der Waals surface area contributed by atoms with Crippen molar-refractivity contribution in [2.45, 2.75) is 51.9 Å². The molecule has 1 aromatic rings. The highest BCUT2D eigenvalue weighted by atomic mass is 16.1. The molecule has 0 saturated carbocycles. The number of Topliss-reactive ketones (excluding diaryl/α,β-unsaturated/α-hetero) is 1. The summed E-state index contributed by atoms with van der Waals surface area (Å²) in [7, 11) is 0. The minimum Gasteiger partial charge on any atom is -0.295 e. The Morgan fingerprint density at radius 2 is 1.64 bits per heavy atom. The molecule has 118 valence electrons. The van der Waals surface area contributed by atoms with E-state index in [0.717, 1.165) is 30.4 Å². The quantitative estimate of drug-likeness (QED) is 0.312. The molecule has 22 heavy (non-hydrogen) atoms. The molecule has 0 amide bonds. The van der Waals surface area contributed by atoms with Gasteiger partial charge in [0.05, 0.1) is 0 Å². The molecule has 0 atom stereocenters. The summed E-state index contributed by atoms with van der Waals surface area (Å²) < 4.78 is 0. The number of carbonyl (C=O) groups excluding carboxylic acids is 2. The van der Waals surface area contributed by atoms with E-state index in [1.54, 1.807) is 6.92 Å². The Balaban J connectivity index is 2.10. The number of rotatable bonds is 11. The van der Waals surface area contributed by atoms with Crippen molar-refractivity contribution >= 4 is 17.6 Å². The molecule has 0 fully saturated rings. The van der Waals surface area contributed by atoms with Gasteiger partial charge in [-0.05, 0) is 37.8 Å². The highest BCUT2D eigenvalue weighted by Gasteiger charge is 1.97. The molecule has 0 N–H and O–H groups in total. The maximum Gasteiger partial charge on any atom is 0.159 e. The zero-order valence-corrected chi connectivity index (χ0v) is 13.5. The van der Waals surface area contributed by atoms with Gasteiger partial charge in [0, 0.05) is 12.0 Å². The van der Waals surface area contributed by atoms with Crippen LogP contribution in [0.5, 0.6) is 0 Å². The van der Waals surface area contributed by atoms with Crippen LogP contribution in [0.15, 0.2) is 43.0 Å². The van der Waals surface area contributed by atoms with Crippen molar-refractivity contribution in [1.29, 1.82) is 0 Å². The molecule has 0 heterocycles. The second kappa shape index (κ2) is 10.7. The van der Waals surface area contributed by atoms with Crippen LogP contribution < -0.4 is 0 Å². The third-order valence-corrected chi connectivity index (χ3v) is 3.65. The molecule has 1 rings (SSSR count). The zero-order valence-electron chi connectivity index (χ0n) is 13.5. The van der Waals surface area contributed by atoms with E-state index < -0.39 is 0 Å². The zero-order chi connectivity index (χ0) is 16.2. The first kappa shape index (κ1) is 18.1. The normalized spacial score (nSPS) is 10.8. The topological polar surface area (TPSA) is 34.1 Å². The number of unbranched alkanes of at least 4 members (excludes halogenated alkanes) is 5. The molecular weight excluding hydrogens is 272 g/mol. The van der Waals surface area contributed by atoms with E-state index in [1.165, 1.54) is 25.3 Å². The lowest BCUT2D eigenvalue weighted by Crippen LogP contribution is -1.91. The van der Waals surface area contributed by atoms with Crippen LogP contribution in [-0.4, -0.2) is 11.6 Å². The van der Waals surface area contributed by atoms with Gasteiger partial charge < -0.3 is 0 Å². The molecule has 0 radical (unpaired) electrons. The molecule has 0 aliphatic rings. The van der Waals surface area contributed by atoms with Crippen LogP contribution in [0.25, 0.3) is 6.08 Å². The molecule has 0 aliphatic carbocycles. The number of ketones is 2. The summed E-state index contributed by atoms with van der Waals surface area (Å²) in [5.74, 6) is 0.254. The van der Waals surface area contributed by atoms with Crippen molar-refractivity contribution < 1.29 is 9.59 Å². The molecular formula is C20H26O2. The number of hydrogen-bond acceptors (Lipinski definition) is 2. The summed E-state index contributed by atoms with van der Waals surface area (Å²) in [6, 6.07) is 7.69. The molecule has 2 heteroatoms. The van der Waals surface area contributed by atoms with Crippen molar-refractivity contribution in [3.63, 3.8) is 0 Å². The van der Waals surface area contributed by atoms with Gasteiger partial charge in [0.15, 0.2) is 11.6 Å². The predicted molar refractivity (Wildman–Crippen MR) is 93.0 cm³/mol. The molecule has 0 saturated heterocycles. The Morgan fingerprint density at radius 3 is 2.27 bits per heavy atom. The summed E-state index contributed by atoms with van der Waals surface area (Å²) in [5.41, 5.74) is 1.89. The smallest absolute Gasteiger partial charge is 0.159 e. The van der Waals surface area contributed by atoms with E-state index in [9.17, 15) is 9.59 Å². The van der Waals surface area contributed by atoms with Crippen molar-refractivity contribution in [3.8, 4) is 0 Å². The average Bonchev–Trinajstić information content (AvgIpc) is 2.53. The predicted octanol–water partition coefficient (Wildman–Crippen LogP) is 5.39. The van der Waals surface area contributed by atoms with Gasteiger partial charge in [-0.1, -0.05) is 62.3 Å². The van der Waals surface area contributed by atoms with Crippen molar-refractivity contribution in [3.05, 3.63) is 54.1 Å². The van der Waals surface area contributed by atoms with E-state index in [1.807, 2.05) is 24.3 Å². The largest absolute Gasteiger partial charge is 0.295 e. The lowest BCUT2D eigenvalue weighted by atomic mass is 10.1. The number of carbonyl (C=O) groups is 2. The second-order valence-corrected chi connectivity index (χ2v) is 5.56. The van der Waals surface area contributed by atoms with Gasteiger partial charge >= 0.3 is 0 Å². The van der Waals surface area contributed by atoms with Crippen LogP contribution in [-0.2, 0) is 4.79 Å². The fourth-order valence-corrected chi connectivity index (χ4v) is 2.24. The lowest BCUT2D eigenvalue weighted by Gasteiger charge is -1.99. The summed E-state index contributed by atoms with van der Waals surface area (Å²) in [6.07, 6.45) is 13.1. The molecule has 0 spiro atoms. The van der Waals surface area contributed by atoms with Crippen molar-refractivity contribution in [2.75, 3.05) is 0 Å². The van der Waals surface area contributed by atoms with Crippen LogP contribution >= 0.6 is 0 Å². The Hall–Kier alpha value is -1.96. The van der Waals surface area contributed by atoms with Crippen LogP contribution in [0.3, 0.4) is 0 Å². The SMILES string of the molecule is C=CC(=O)CCCCCCC/C=C\c1ccc(C(C)=O)cc1. The Labute approximate surface area is 133 Å². The number of hydrogen-bond donors (Lipinski definition) is 0. The van der Waals surface area contributed by atoms with Crippen LogP contribution in [0, 0.1) is 0 Å². The van der Waals surface area contributed by atoms with E-state index in [2.05, 4.69) is 18.7 Å². The minimum atomic E-state index is 0.102. The summed E-state index contributed by atoms with van der Waals surface area (Å²) in [5, 5.41) is 0. The lowest BCUT2D eigenvalue weighted by molar-refractivity contribution is -0.114. The first-order chi connectivity index (χ1) is 10.6. The van der Waals surface area contributed by atoms with Gasteiger partial charge in [0.1, 0.15) is 0 Å². The number of allylic oxidation sites excluding steroid dienone is 2. The third-order valence-electron chi connectivity index (χ3n) is 3.65. The summed E-state index contributed by atoms with van der Waals surface area (Å²) >= 11 is 0. The van der Waals surface area contributed by atoms with Crippen LogP contribution in [0.1, 0.15) is 67.8 Å². The second-order valence-electron chi connectivity index (χ2n) is 5.56. The fourth-order valence-electron chi connectivity index (χ4n) is 2.24. The van der Waals surface area contributed by atoms with E-state index in [4.69, 9.17) is 0 Å². The minimum absolute atomic E-state index is 0.102. The van der Waals surface area contributed by atoms with Crippen molar-refractivity contribution in [1.82, 2.24) is 0 Å². The molecule has 1 aromatic carbocycles. The van der Waals surface area contributed by atoms with Crippen LogP contribution in [0.2, 0.25) is 0 Å². The highest BCUT2D eigenvalue weighted by Crippen LogP contribution is 2.10. The van der Waals surface area contributed by atoms with Gasteiger partial charge in [0.2, 0.25) is 0 Å². The van der Waals surface area contributed by atoms with E-state index in [0.29, 0.717) is 6.42 Å². The maximum absolute atomic E-state index is 11.2. The van der Waals surface area contributed by atoms with Gasteiger partial charge in [0.25, 0.3) is 0 Å². The maximum atomic E-state index is 11.2. The van der Waals surface area contributed by atoms with Crippen molar-refractivity contribution in [2.24, 2.45) is 0 Å². The summed E-state index contributed by atoms with van der Waals surface area (Å²) in [6.45, 7) is 5.06. The van der Waals surface area contributed by atoms with Gasteiger partial charge in [-0.15, -0.1) is 0 Å².